The van der Waals surface area contributed by atoms with Crippen LogP contribution in [0.5, 0.6) is 0 Å². The molecule has 1 aromatic heterocycles. The minimum absolute atomic E-state index is 0.0721. The molecule has 0 aliphatic rings. The van der Waals surface area contributed by atoms with Crippen molar-refractivity contribution in [3.8, 4) is 5.69 Å². The Morgan fingerprint density at radius 3 is 2.53 bits per heavy atom. The van der Waals surface area contributed by atoms with E-state index in [9.17, 15) is 9.59 Å². The van der Waals surface area contributed by atoms with Gasteiger partial charge in [-0.05, 0) is 62.2 Å². The molecule has 0 spiro atoms. The highest BCUT2D eigenvalue weighted by molar-refractivity contribution is 5.93. The van der Waals surface area contributed by atoms with Crippen molar-refractivity contribution < 1.29 is 4.79 Å². The van der Waals surface area contributed by atoms with Crippen LogP contribution in [-0.4, -0.2) is 15.5 Å². The van der Waals surface area contributed by atoms with Crippen molar-refractivity contribution in [2.75, 3.05) is 5.32 Å². The van der Waals surface area contributed by atoms with Crippen LogP contribution in [0.15, 0.2) is 71.5 Å². The van der Waals surface area contributed by atoms with Crippen molar-refractivity contribution in [3.63, 3.8) is 0 Å². The quantitative estimate of drug-likeness (QED) is 0.552. The molecule has 0 aliphatic heterocycles. The van der Waals surface area contributed by atoms with E-state index in [1.165, 1.54) is 0 Å². The van der Waals surface area contributed by atoms with Crippen LogP contribution >= 0.6 is 0 Å². The van der Waals surface area contributed by atoms with Gasteiger partial charge in [-0.3, -0.25) is 14.2 Å². The number of rotatable bonds is 4. The Bertz CT molecular complexity index is 1320. The van der Waals surface area contributed by atoms with Crippen molar-refractivity contribution >= 4 is 22.5 Å². The predicted octanol–water partition coefficient (Wildman–Crippen LogP) is 4.49. The molecule has 0 fully saturated rings. The zero-order chi connectivity index (χ0) is 21.3. The monoisotopic (exact) mass is 397 g/mol. The first-order valence-electron chi connectivity index (χ1n) is 9.87. The van der Waals surface area contributed by atoms with Crippen LogP contribution < -0.4 is 10.9 Å². The fourth-order valence-electron chi connectivity index (χ4n) is 3.68. The molecule has 0 unspecified atom stereocenters. The highest BCUT2D eigenvalue weighted by Gasteiger charge is 2.12. The highest BCUT2D eigenvalue weighted by Crippen LogP contribution is 2.20. The molecule has 4 aromatic rings. The van der Waals surface area contributed by atoms with Crippen LogP contribution in [0.25, 0.3) is 16.6 Å². The van der Waals surface area contributed by atoms with Crippen molar-refractivity contribution in [2.45, 2.75) is 27.2 Å². The summed E-state index contributed by atoms with van der Waals surface area (Å²) in [7, 11) is 0. The smallest absolute Gasteiger partial charge is 0.265 e. The topological polar surface area (TPSA) is 64.0 Å². The van der Waals surface area contributed by atoms with Gasteiger partial charge in [0.15, 0.2) is 0 Å². The third-order valence-electron chi connectivity index (χ3n) is 5.13. The summed E-state index contributed by atoms with van der Waals surface area (Å²) in [5.41, 5.74) is 5.03. The summed E-state index contributed by atoms with van der Waals surface area (Å²) in [6, 6.07) is 20.8. The molecule has 1 N–H and O–H groups in total. The number of carbonyl (C=O) groups excluding carboxylic acids is 1. The first-order chi connectivity index (χ1) is 14.4. The molecule has 5 nitrogen and oxygen atoms in total. The minimum atomic E-state index is -0.103. The summed E-state index contributed by atoms with van der Waals surface area (Å²) < 4.78 is 1.60. The summed E-state index contributed by atoms with van der Waals surface area (Å²) in [6.07, 6.45) is 0.316. The van der Waals surface area contributed by atoms with Gasteiger partial charge in [-0.1, -0.05) is 42.0 Å². The maximum Gasteiger partial charge on any atom is 0.265 e. The van der Waals surface area contributed by atoms with E-state index in [4.69, 9.17) is 0 Å². The number of nitrogens with one attached hydrogen (secondary N) is 1. The van der Waals surface area contributed by atoms with Gasteiger partial charge >= 0.3 is 0 Å². The zero-order valence-electron chi connectivity index (χ0n) is 17.3. The number of benzene rings is 3. The molecule has 30 heavy (non-hydrogen) atoms. The molecule has 4 rings (SSSR count). The summed E-state index contributed by atoms with van der Waals surface area (Å²) in [6.45, 7) is 5.75. The predicted molar refractivity (Wildman–Crippen MR) is 120 cm³/mol. The third kappa shape index (κ3) is 3.87. The van der Waals surface area contributed by atoms with Crippen molar-refractivity contribution in [2.24, 2.45) is 0 Å². The van der Waals surface area contributed by atoms with E-state index < -0.39 is 0 Å². The fourth-order valence-corrected chi connectivity index (χ4v) is 3.68. The van der Waals surface area contributed by atoms with Gasteiger partial charge in [0.2, 0.25) is 5.91 Å². The average molecular weight is 397 g/mol. The van der Waals surface area contributed by atoms with Crippen molar-refractivity contribution in [1.29, 1.82) is 0 Å². The maximum absolute atomic E-state index is 13.0. The van der Waals surface area contributed by atoms with Crippen molar-refractivity contribution in [3.05, 3.63) is 99.6 Å². The van der Waals surface area contributed by atoms with Crippen molar-refractivity contribution in [1.82, 2.24) is 9.55 Å². The van der Waals surface area contributed by atoms with Gasteiger partial charge in [-0.25, -0.2) is 4.98 Å². The van der Waals surface area contributed by atoms with Gasteiger partial charge in [0, 0.05) is 5.69 Å². The van der Waals surface area contributed by atoms with Gasteiger partial charge in [-0.2, -0.15) is 0 Å². The molecule has 0 aliphatic carbocycles. The SMILES string of the molecule is Cc1cccc(CC(=O)Nc2ccc(-n3c(C)nc4ccccc4c3=O)cc2C)c1. The summed E-state index contributed by atoms with van der Waals surface area (Å²) in [4.78, 5) is 30.0. The van der Waals surface area contributed by atoms with Crippen LogP contribution in [0.3, 0.4) is 0 Å². The number of carbonyl (C=O) groups is 1. The number of aryl methyl sites for hydroxylation is 3. The lowest BCUT2D eigenvalue weighted by molar-refractivity contribution is -0.115. The molecular weight excluding hydrogens is 374 g/mol. The third-order valence-corrected chi connectivity index (χ3v) is 5.13. The highest BCUT2D eigenvalue weighted by atomic mass is 16.1. The van der Waals surface area contributed by atoms with Gasteiger partial charge in [-0.15, -0.1) is 0 Å². The normalized spacial score (nSPS) is 10.9. The number of hydrogen-bond donors (Lipinski definition) is 1. The molecule has 0 saturated carbocycles. The van der Waals surface area contributed by atoms with Crippen LogP contribution in [0.4, 0.5) is 5.69 Å². The summed E-state index contributed by atoms with van der Waals surface area (Å²) in [5.74, 6) is 0.548. The van der Waals surface area contributed by atoms with Gasteiger partial charge in [0.25, 0.3) is 5.56 Å². The summed E-state index contributed by atoms with van der Waals surface area (Å²) in [5, 5.41) is 3.55. The number of hydrogen-bond acceptors (Lipinski definition) is 3. The minimum Gasteiger partial charge on any atom is -0.326 e. The molecule has 3 aromatic carbocycles. The molecule has 0 bridgehead atoms. The lowest BCUT2D eigenvalue weighted by Crippen LogP contribution is -2.22. The Morgan fingerprint density at radius 1 is 0.967 bits per heavy atom. The van der Waals surface area contributed by atoms with E-state index >= 15 is 0 Å². The lowest BCUT2D eigenvalue weighted by Gasteiger charge is -2.14. The van der Waals surface area contributed by atoms with Gasteiger partial charge in [0.05, 0.1) is 23.0 Å². The number of nitrogens with zero attached hydrogens (tertiary/aromatic N) is 2. The Hall–Kier alpha value is -3.73. The molecule has 1 heterocycles. The Balaban J connectivity index is 1.62. The van der Waals surface area contributed by atoms with E-state index in [2.05, 4.69) is 10.3 Å². The zero-order valence-corrected chi connectivity index (χ0v) is 17.3. The molecule has 1 amide bonds. The number of fused-ring (bicyclic) bond motifs is 1. The Kier molecular flexibility index (Phi) is 5.19. The van der Waals surface area contributed by atoms with E-state index in [1.54, 1.807) is 10.6 Å². The first-order valence-corrected chi connectivity index (χ1v) is 9.87. The van der Waals surface area contributed by atoms with Crippen LogP contribution in [0, 0.1) is 20.8 Å². The Morgan fingerprint density at radius 2 is 1.77 bits per heavy atom. The van der Waals surface area contributed by atoms with E-state index in [-0.39, 0.29) is 11.5 Å². The van der Waals surface area contributed by atoms with E-state index in [1.807, 2.05) is 81.4 Å². The van der Waals surface area contributed by atoms with Crippen LogP contribution in [0.2, 0.25) is 0 Å². The molecular formula is C25H23N3O2. The largest absolute Gasteiger partial charge is 0.326 e. The molecule has 0 radical (unpaired) electrons. The number of anilines is 1. The van der Waals surface area contributed by atoms with Gasteiger partial charge in [0.1, 0.15) is 5.82 Å². The Labute approximate surface area is 175 Å². The fraction of sp³-hybridized carbons (Fsp3) is 0.160. The second kappa shape index (κ2) is 7.95. The number of aromatic nitrogens is 2. The second-order valence-corrected chi connectivity index (χ2v) is 7.53. The molecule has 5 heteroatoms. The average Bonchev–Trinajstić information content (AvgIpc) is 2.70. The number of amides is 1. The lowest BCUT2D eigenvalue weighted by atomic mass is 10.1. The molecule has 0 atom stereocenters. The summed E-state index contributed by atoms with van der Waals surface area (Å²) >= 11 is 0. The molecule has 0 saturated heterocycles. The van der Waals surface area contributed by atoms with E-state index in [0.29, 0.717) is 23.1 Å². The molecule has 150 valence electrons. The maximum atomic E-state index is 13.0. The number of para-hydroxylation sites is 1. The second-order valence-electron chi connectivity index (χ2n) is 7.53. The van der Waals surface area contributed by atoms with E-state index in [0.717, 1.165) is 28.1 Å². The van der Waals surface area contributed by atoms with Crippen LogP contribution in [0.1, 0.15) is 22.5 Å². The van der Waals surface area contributed by atoms with Gasteiger partial charge < -0.3 is 5.32 Å². The van der Waals surface area contributed by atoms with Crippen LogP contribution in [-0.2, 0) is 11.2 Å². The first kappa shape index (κ1) is 19.6. The standard InChI is InChI=1S/C25H23N3O2/c1-16-7-6-8-19(13-16)15-24(29)27-22-12-11-20(14-17(22)2)28-18(3)26-23-10-5-4-9-21(23)25(28)30/h4-14H,15H2,1-3H3,(H,27,29).